The molecular weight excluding hydrogens is 463 g/mol. The number of fused-ring (bicyclic) bond motifs is 3. The Hall–Kier alpha value is -4.19. The number of aromatic nitrogens is 1. The molecule has 1 heterocycles. The summed E-state index contributed by atoms with van der Waals surface area (Å²) in [5.74, 6) is -0.596. The Balaban J connectivity index is 1.63. The van der Waals surface area contributed by atoms with Crippen LogP contribution < -0.4 is 0 Å². The van der Waals surface area contributed by atoms with Crippen molar-refractivity contribution in [1.82, 2.24) is 4.57 Å². The molecule has 0 fully saturated rings. The number of ketones is 2. The van der Waals surface area contributed by atoms with Crippen molar-refractivity contribution in [1.29, 1.82) is 0 Å². The van der Waals surface area contributed by atoms with Crippen LogP contribution in [0.1, 0.15) is 49.9 Å². The molecule has 0 unspecified atom stereocenters. The highest BCUT2D eigenvalue weighted by Gasteiger charge is 2.31. The molecule has 0 radical (unpaired) electrons. The summed E-state index contributed by atoms with van der Waals surface area (Å²) in [7, 11) is 0. The first-order valence-corrected chi connectivity index (χ1v) is 11.6. The normalized spacial score (nSPS) is 11.8. The van der Waals surface area contributed by atoms with E-state index in [-0.39, 0.29) is 16.9 Å². The zero-order chi connectivity index (χ0) is 25.6. The number of aryl methyl sites for hydroxylation is 2. The van der Waals surface area contributed by atoms with E-state index in [2.05, 4.69) is 4.57 Å². The summed E-state index contributed by atoms with van der Waals surface area (Å²) in [5, 5.41) is 1.58. The van der Waals surface area contributed by atoms with Crippen LogP contribution >= 0.6 is 0 Å². The van der Waals surface area contributed by atoms with E-state index >= 15 is 0 Å². The molecule has 0 atom stereocenters. The van der Waals surface area contributed by atoms with Crippen LogP contribution in [0.2, 0.25) is 0 Å². The van der Waals surface area contributed by atoms with Gasteiger partial charge in [0.05, 0.1) is 5.56 Å². The van der Waals surface area contributed by atoms with Crippen molar-refractivity contribution in [2.75, 3.05) is 0 Å². The van der Waals surface area contributed by atoms with E-state index in [4.69, 9.17) is 0 Å². The third-order valence-electron chi connectivity index (χ3n) is 6.44. The second-order valence-electron chi connectivity index (χ2n) is 8.81. The minimum absolute atomic E-state index is 0.0290. The van der Waals surface area contributed by atoms with Gasteiger partial charge in [0.15, 0.2) is 11.6 Å². The Morgan fingerprint density at radius 3 is 1.69 bits per heavy atom. The monoisotopic (exact) mass is 485 g/mol. The SMILES string of the molecule is CCn1c2ccc(C(=O)c3cccc(C)c3)cc2c2cc(C(=O)c3cccc(C(F)(F)F)c3)ccc21. The number of alkyl halides is 3. The van der Waals surface area contributed by atoms with Crippen LogP contribution in [0.25, 0.3) is 21.8 Å². The van der Waals surface area contributed by atoms with E-state index in [9.17, 15) is 22.8 Å². The molecule has 1 aromatic heterocycles. The Bertz CT molecular complexity index is 1660. The molecule has 0 saturated carbocycles. The molecule has 6 heteroatoms. The molecule has 0 aliphatic heterocycles. The average Bonchev–Trinajstić information content (AvgIpc) is 3.19. The predicted octanol–water partition coefficient (Wildman–Crippen LogP) is 7.60. The number of carbonyl (C=O) groups excluding carboxylic acids is 2. The van der Waals surface area contributed by atoms with Crippen LogP contribution in [0.3, 0.4) is 0 Å². The van der Waals surface area contributed by atoms with Gasteiger partial charge in [0.1, 0.15) is 0 Å². The molecule has 3 nitrogen and oxygen atoms in total. The van der Waals surface area contributed by atoms with Crippen molar-refractivity contribution in [2.45, 2.75) is 26.6 Å². The van der Waals surface area contributed by atoms with Gasteiger partial charge in [0.2, 0.25) is 0 Å². The maximum absolute atomic E-state index is 13.2. The third-order valence-corrected chi connectivity index (χ3v) is 6.44. The van der Waals surface area contributed by atoms with E-state index in [1.54, 1.807) is 24.3 Å². The van der Waals surface area contributed by atoms with Gasteiger partial charge in [-0.2, -0.15) is 13.2 Å². The molecule has 5 aromatic rings. The Labute approximate surface area is 205 Å². The van der Waals surface area contributed by atoms with E-state index in [0.717, 1.165) is 39.5 Å². The Morgan fingerprint density at radius 1 is 0.694 bits per heavy atom. The molecule has 4 aromatic carbocycles. The fourth-order valence-corrected chi connectivity index (χ4v) is 4.68. The van der Waals surface area contributed by atoms with Crippen LogP contribution in [0.5, 0.6) is 0 Å². The van der Waals surface area contributed by atoms with Crippen molar-refractivity contribution in [3.05, 3.63) is 118 Å². The standard InChI is InChI=1S/C30H22F3NO2/c1-3-34-26-12-10-21(28(35)19-7-4-6-18(2)14-19)16-24(26)25-17-22(11-13-27(25)34)29(36)20-8-5-9-23(15-20)30(31,32)33/h4-17H,3H2,1-2H3. The van der Waals surface area contributed by atoms with Gasteiger partial charge in [-0.25, -0.2) is 0 Å². The van der Waals surface area contributed by atoms with Crippen LogP contribution in [0.4, 0.5) is 13.2 Å². The maximum atomic E-state index is 13.2. The molecular formula is C30H22F3NO2. The molecule has 0 amide bonds. The summed E-state index contributed by atoms with van der Waals surface area (Å²) >= 11 is 0. The first-order valence-electron chi connectivity index (χ1n) is 11.6. The lowest BCUT2D eigenvalue weighted by molar-refractivity contribution is -0.137. The second kappa shape index (κ2) is 8.79. The van der Waals surface area contributed by atoms with Gasteiger partial charge >= 0.3 is 6.18 Å². The minimum atomic E-state index is -4.53. The van der Waals surface area contributed by atoms with Gasteiger partial charge in [-0.3, -0.25) is 9.59 Å². The van der Waals surface area contributed by atoms with Gasteiger partial charge in [-0.05, 0) is 68.4 Å². The lowest BCUT2D eigenvalue weighted by Crippen LogP contribution is -2.08. The summed E-state index contributed by atoms with van der Waals surface area (Å²) in [6, 6.07) is 22.5. The number of halogens is 3. The molecule has 0 spiro atoms. The van der Waals surface area contributed by atoms with Crippen LogP contribution in [0, 0.1) is 6.92 Å². The predicted molar refractivity (Wildman–Crippen MR) is 135 cm³/mol. The van der Waals surface area contributed by atoms with Gasteiger partial charge in [0.25, 0.3) is 0 Å². The quantitative estimate of drug-likeness (QED) is 0.240. The summed E-state index contributed by atoms with van der Waals surface area (Å²) in [6.07, 6.45) is -4.53. The summed E-state index contributed by atoms with van der Waals surface area (Å²) < 4.78 is 41.6. The lowest BCUT2D eigenvalue weighted by atomic mass is 9.98. The van der Waals surface area contributed by atoms with E-state index in [1.165, 1.54) is 12.1 Å². The van der Waals surface area contributed by atoms with Crippen LogP contribution in [-0.2, 0) is 12.7 Å². The van der Waals surface area contributed by atoms with Crippen molar-refractivity contribution >= 4 is 33.4 Å². The van der Waals surface area contributed by atoms with Gasteiger partial charge in [-0.15, -0.1) is 0 Å². The highest BCUT2D eigenvalue weighted by atomic mass is 19.4. The number of benzene rings is 4. The smallest absolute Gasteiger partial charge is 0.341 e. The van der Waals surface area contributed by atoms with Crippen molar-refractivity contribution in [3.8, 4) is 0 Å². The molecule has 0 bridgehead atoms. The molecule has 5 rings (SSSR count). The topological polar surface area (TPSA) is 39.1 Å². The number of carbonyl (C=O) groups is 2. The average molecular weight is 486 g/mol. The van der Waals surface area contributed by atoms with Gasteiger partial charge < -0.3 is 4.57 Å². The van der Waals surface area contributed by atoms with Gasteiger partial charge in [-0.1, -0.05) is 35.9 Å². The maximum Gasteiger partial charge on any atom is 0.416 e. The van der Waals surface area contributed by atoms with Gasteiger partial charge in [0, 0.05) is 50.6 Å². The number of hydrogen-bond acceptors (Lipinski definition) is 2. The second-order valence-corrected chi connectivity index (χ2v) is 8.81. The number of nitrogens with zero attached hydrogens (tertiary/aromatic N) is 1. The highest BCUT2D eigenvalue weighted by Crippen LogP contribution is 2.33. The zero-order valence-electron chi connectivity index (χ0n) is 19.7. The fraction of sp³-hybridized carbons (Fsp3) is 0.133. The summed E-state index contributed by atoms with van der Waals surface area (Å²) in [5.41, 5.74) is 3.29. The third kappa shape index (κ3) is 4.09. The number of hydrogen-bond donors (Lipinski definition) is 0. The highest BCUT2D eigenvalue weighted by molar-refractivity contribution is 6.17. The van der Waals surface area contributed by atoms with Crippen molar-refractivity contribution < 1.29 is 22.8 Å². The van der Waals surface area contributed by atoms with E-state index in [1.807, 2.05) is 50.2 Å². The van der Waals surface area contributed by atoms with E-state index in [0.29, 0.717) is 17.7 Å². The molecule has 0 N–H and O–H groups in total. The molecule has 0 aliphatic rings. The first kappa shape index (κ1) is 23.5. The molecule has 180 valence electrons. The molecule has 0 saturated heterocycles. The zero-order valence-corrected chi connectivity index (χ0v) is 19.7. The minimum Gasteiger partial charge on any atom is -0.341 e. The van der Waals surface area contributed by atoms with E-state index < -0.39 is 17.5 Å². The molecule has 0 aliphatic carbocycles. The summed E-state index contributed by atoms with van der Waals surface area (Å²) in [4.78, 5) is 26.3. The van der Waals surface area contributed by atoms with Crippen LogP contribution in [0.15, 0.2) is 84.9 Å². The first-order chi connectivity index (χ1) is 17.2. The summed E-state index contributed by atoms with van der Waals surface area (Å²) in [6.45, 7) is 4.61. The van der Waals surface area contributed by atoms with Crippen LogP contribution in [-0.4, -0.2) is 16.1 Å². The van der Waals surface area contributed by atoms with Crippen molar-refractivity contribution in [2.24, 2.45) is 0 Å². The fourth-order valence-electron chi connectivity index (χ4n) is 4.68. The van der Waals surface area contributed by atoms with Crippen molar-refractivity contribution in [3.63, 3.8) is 0 Å². The largest absolute Gasteiger partial charge is 0.416 e. The number of rotatable bonds is 5. The molecule has 36 heavy (non-hydrogen) atoms. The lowest BCUT2D eigenvalue weighted by Gasteiger charge is -2.08. The Kier molecular flexibility index (Phi) is 5.75. The Morgan fingerprint density at radius 2 is 1.19 bits per heavy atom.